The highest BCUT2D eigenvalue weighted by molar-refractivity contribution is 7.92. The van der Waals surface area contributed by atoms with E-state index in [9.17, 15) is 13.2 Å². The average Bonchev–Trinajstić information content (AvgIpc) is 3.30. The number of aromatic nitrogens is 4. The van der Waals surface area contributed by atoms with Crippen molar-refractivity contribution in [3.8, 4) is 0 Å². The van der Waals surface area contributed by atoms with Gasteiger partial charge in [-0.15, -0.1) is 5.10 Å². The van der Waals surface area contributed by atoms with Gasteiger partial charge >= 0.3 is 0 Å². The SMILES string of the molecule is Cc1ccc(C)c(NC(=O)C(C)S(=O)(=O)Cc2nnnn2C2CC2)c1. The van der Waals surface area contributed by atoms with E-state index in [1.54, 1.807) is 4.68 Å². The zero-order chi connectivity index (χ0) is 18.2. The Morgan fingerprint density at radius 1 is 1.36 bits per heavy atom. The Bertz CT molecular complexity index is 902. The Balaban J connectivity index is 1.74. The number of anilines is 1. The highest BCUT2D eigenvalue weighted by atomic mass is 32.2. The third-order valence-corrected chi connectivity index (χ3v) is 6.29. The van der Waals surface area contributed by atoms with Gasteiger partial charge in [0.15, 0.2) is 15.7 Å². The summed E-state index contributed by atoms with van der Waals surface area (Å²) in [4.78, 5) is 12.4. The van der Waals surface area contributed by atoms with Crippen molar-refractivity contribution in [1.82, 2.24) is 20.2 Å². The van der Waals surface area contributed by atoms with E-state index < -0.39 is 21.0 Å². The Hall–Kier alpha value is -2.29. The fraction of sp³-hybridized carbons (Fsp3) is 0.500. The minimum Gasteiger partial charge on any atom is -0.325 e. The summed E-state index contributed by atoms with van der Waals surface area (Å²) in [6, 6.07) is 5.82. The molecule has 9 heteroatoms. The summed E-state index contributed by atoms with van der Waals surface area (Å²) >= 11 is 0. The van der Waals surface area contributed by atoms with Crippen molar-refractivity contribution < 1.29 is 13.2 Å². The Morgan fingerprint density at radius 2 is 2.08 bits per heavy atom. The smallest absolute Gasteiger partial charge is 0.242 e. The number of nitrogens with zero attached hydrogens (tertiary/aromatic N) is 4. The molecule has 2 aromatic rings. The maximum atomic E-state index is 12.6. The molecule has 1 N–H and O–H groups in total. The molecule has 0 saturated heterocycles. The number of tetrazole rings is 1. The Kier molecular flexibility index (Phi) is 4.59. The molecule has 1 aromatic heterocycles. The highest BCUT2D eigenvalue weighted by Gasteiger charge is 2.33. The fourth-order valence-corrected chi connectivity index (χ4v) is 3.67. The van der Waals surface area contributed by atoms with Gasteiger partial charge in [0.1, 0.15) is 11.0 Å². The third-order valence-electron chi connectivity index (χ3n) is 4.34. The van der Waals surface area contributed by atoms with E-state index >= 15 is 0 Å². The molecule has 8 nitrogen and oxygen atoms in total. The quantitative estimate of drug-likeness (QED) is 0.835. The summed E-state index contributed by atoms with van der Waals surface area (Å²) in [6.45, 7) is 5.16. The number of amides is 1. The molecule has 1 saturated carbocycles. The van der Waals surface area contributed by atoms with Gasteiger partial charge in [0.2, 0.25) is 5.91 Å². The van der Waals surface area contributed by atoms with Crippen LogP contribution in [0.15, 0.2) is 18.2 Å². The predicted octanol–water partition coefficient (Wildman–Crippen LogP) is 1.57. The first-order valence-corrected chi connectivity index (χ1v) is 9.86. The first-order valence-electron chi connectivity index (χ1n) is 8.14. The number of benzene rings is 1. The predicted molar refractivity (Wildman–Crippen MR) is 92.7 cm³/mol. The first-order chi connectivity index (χ1) is 11.8. The van der Waals surface area contributed by atoms with Crippen molar-refractivity contribution in [1.29, 1.82) is 0 Å². The molecule has 1 fully saturated rings. The van der Waals surface area contributed by atoms with Gasteiger partial charge in [-0.05, 0) is 61.2 Å². The van der Waals surface area contributed by atoms with E-state index in [2.05, 4.69) is 20.8 Å². The maximum absolute atomic E-state index is 12.6. The Morgan fingerprint density at radius 3 is 2.76 bits per heavy atom. The van der Waals surface area contributed by atoms with Gasteiger partial charge in [0.05, 0.1) is 6.04 Å². The monoisotopic (exact) mass is 363 g/mol. The largest absolute Gasteiger partial charge is 0.325 e. The van der Waals surface area contributed by atoms with Gasteiger partial charge in [0, 0.05) is 5.69 Å². The zero-order valence-corrected chi connectivity index (χ0v) is 15.2. The molecule has 0 radical (unpaired) electrons. The molecular formula is C16H21N5O3S. The summed E-state index contributed by atoms with van der Waals surface area (Å²) in [7, 11) is -3.73. The van der Waals surface area contributed by atoms with Crippen LogP contribution in [0.3, 0.4) is 0 Å². The van der Waals surface area contributed by atoms with E-state index in [0.29, 0.717) is 5.69 Å². The van der Waals surface area contributed by atoms with Crippen LogP contribution < -0.4 is 5.32 Å². The molecule has 1 aliphatic carbocycles. The van der Waals surface area contributed by atoms with Gasteiger partial charge in [0.25, 0.3) is 0 Å². The number of hydrogen-bond acceptors (Lipinski definition) is 6. The number of hydrogen-bond donors (Lipinski definition) is 1. The number of carbonyl (C=O) groups excluding carboxylic acids is 1. The van der Waals surface area contributed by atoms with Crippen LogP contribution in [0.25, 0.3) is 0 Å². The molecule has 1 aromatic carbocycles. The molecule has 25 heavy (non-hydrogen) atoms. The second kappa shape index (κ2) is 6.55. The second-order valence-electron chi connectivity index (χ2n) is 6.53. The van der Waals surface area contributed by atoms with Crippen molar-refractivity contribution >= 4 is 21.4 Å². The molecule has 134 valence electrons. The van der Waals surface area contributed by atoms with Crippen molar-refractivity contribution in [2.24, 2.45) is 0 Å². The van der Waals surface area contributed by atoms with Crippen molar-refractivity contribution in [2.75, 3.05) is 5.32 Å². The van der Waals surface area contributed by atoms with E-state index in [0.717, 1.165) is 24.0 Å². The van der Waals surface area contributed by atoms with Crippen molar-refractivity contribution in [3.63, 3.8) is 0 Å². The topological polar surface area (TPSA) is 107 Å². The minimum absolute atomic E-state index is 0.180. The number of rotatable bonds is 6. The summed E-state index contributed by atoms with van der Waals surface area (Å²) in [5, 5.41) is 12.7. The van der Waals surface area contributed by atoms with Crippen LogP contribution in [-0.4, -0.2) is 39.8 Å². The van der Waals surface area contributed by atoms with Crippen LogP contribution in [0, 0.1) is 13.8 Å². The first kappa shape index (κ1) is 17.5. The van der Waals surface area contributed by atoms with Gasteiger partial charge in [-0.25, -0.2) is 13.1 Å². The fourth-order valence-electron chi connectivity index (χ4n) is 2.48. The van der Waals surface area contributed by atoms with Crippen LogP contribution in [0.2, 0.25) is 0 Å². The van der Waals surface area contributed by atoms with E-state index in [1.807, 2.05) is 32.0 Å². The second-order valence-corrected chi connectivity index (χ2v) is 8.85. The molecule has 1 amide bonds. The standard InChI is InChI=1S/C16H21N5O3S/c1-10-4-5-11(2)14(8-10)17-16(22)12(3)25(23,24)9-15-18-19-20-21(15)13-6-7-13/h4-5,8,12-13H,6-7,9H2,1-3H3,(H,17,22). The Labute approximate surface area is 146 Å². The average molecular weight is 363 g/mol. The van der Waals surface area contributed by atoms with Gasteiger partial charge < -0.3 is 5.32 Å². The lowest BCUT2D eigenvalue weighted by Crippen LogP contribution is -2.34. The molecule has 0 spiro atoms. The number of carbonyl (C=O) groups is 1. The van der Waals surface area contributed by atoms with Gasteiger partial charge in [-0.3, -0.25) is 4.79 Å². The summed E-state index contributed by atoms with van der Waals surface area (Å²) < 4.78 is 26.8. The highest BCUT2D eigenvalue weighted by Crippen LogP contribution is 2.34. The molecule has 3 rings (SSSR count). The molecule has 1 aliphatic rings. The number of nitrogens with one attached hydrogen (secondary N) is 1. The van der Waals surface area contributed by atoms with Gasteiger partial charge in [-0.1, -0.05) is 12.1 Å². The van der Waals surface area contributed by atoms with Crippen LogP contribution in [0.1, 0.15) is 42.8 Å². The van der Waals surface area contributed by atoms with Crippen LogP contribution in [0.4, 0.5) is 5.69 Å². The molecule has 0 bridgehead atoms. The molecule has 1 atom stereocenters. The van der Waals surface area contributed by atoms with Crippen molar-refractivity contribution in [2.45, 2.75) is 50.7 Å². The minimum atomic E-state index is -3.73. The lowest BCUT2D eigenvalue weighted by Gasteiger charge is -2.15. The number of sulfone groups is 1. The maximum Gasteiger partial charge on any atom is 0.242 e. The molecule has 1 heterocycles. The van der Waals surface area contributed by atoms with Crippen LogP contribution in [-0.2, 0) is 20.4 Å². The summed E-state index contributed by atoms with van der Waals surface area (Å²) in [5.41, 5.74) is 2.48. The molecule has 1 unspecified atom stereocenters. The van der Waals surface area contributed by atoms with Crippen molar-refractivity contribution in [3.05, 3.63) is 35.2 Å². The van der Waals surface area contributed by atoms with E-state index in [-0.39, 0.29) is 17.6 Å². The summed E-state index contributed by atoms with van der Waals surface area (Å²) in [5.74, 6) is -0.620. The molecule has 0 aliphatic heterocycles. The normalized spacial score (nSPS) is 15.8. The third kappa shape index (κ3) is 3.87. The zero-order valence-electron chi connectivity index (χ0n) is 14.4. The lowest BCUT2D eigenvalue weighted by molar-refractivity contribution is -0.115. The number of aryl methyl sites for hydroxylation is 2. The van der Waals surface area contributed by atoms with Crippen LogP contribution >= 0.6 is 0 Å². The molecular weight excluding hydrogens is 342 g/mol. The lowest BCUT2D eigenvalue weighted by atomic mass is 10.1. The summed E-state index contributed by atoms with van der Waals surface area (Å²) in [6.07, 6.45) is 1.89. The van der Waals surface area contributed by atoms with E-state index in [1.165, 1.54) is 6.92 Å². The van der Waals surface area contributed by atoms with Gasteiger partial charge in [-0.2, -0.15) is 0 Å². The van der Waals surface area contributed by atoms with E-state index in [4.69, 9.17) is 0 Å². The van der Waals surface area contributed by atoms with Crippen LogP contribution in [0.5, 0.6) is 0 Å².